The van der Waals surface area contributed by atoms with Gasteiger partial charge in [-0.3, -0.25) is 9.59 Å². The van der Waals surface area contributed by atoms with E-state index in [0.717, 1.165) is 12.1 Å². The molecule has 1 aromatic rings. The van der Waals surface area contributed by atoms with Crippen LogP contribution >= 0.6 is 27.7 Å². The first-order valence-electron chi connectivity index (χ1n) is 6.15. The minimum absolute atomic E-state index is 0.199. The van der Waals surface area contributed by atoms with E-state index in [1.54, 1.807) is 0 Å². The molecule has 21 heavy (non-hydrogen) atoms. The SMILES string of the molecule is O=C(O)CC1CSCCN1C(=O)c1c(F)cc(Br)cc1F. The van der Waals surface area contributed by atoms with Gasteiger partial charge in [-0.2, -0.15) is 11.8 Å². The van der Waals surface area contributed by atoms with Gasteiger partial charge in [0, 0.05) is 22.5 Å². The summed E-state index contributed by atoms with van der Waals surface area (Å²) in [6.45, 7) is 0.274. The van der Waals surface area contributed by atoms with E-state index in [9.17, 15) is 18.4 Å². The van der Waals surface area contributed by atoms with Crippen molar-refractivity contribution < 1.29 is 23.5 Å². The molecule has 1 atom stereocenters. The molecule has 1 heterocycles. The standard InChI is InChI=1S/C13H12BrF2NO3S/c14-7-3-9(15)12(10(16)4-7)13(20)17-1-2-21-6-8(17)5-11(18)19/h3-4,8H,1-2,5-6H2,(H,18,19). The Labute approximate surface area is 132 Å². The number of halogens is 3. The van der Waals surface area contributed by atoms with Crippen LogP contribution in [0.4, 0.5) is 8.78 Å². The largest absolute Gasteiger partial charge is 0.481 e. The molecule has 1 amide bonds. The van der Waals surface area contributed by atoms with Crippen molar-refractivity contribution in [3.05, 3.63) is 33.8 Å². The molecule has 0 bridgehead atoms. The number of carboxylic acids is 1. The van der Waals surface area contributed by atoms with Gasteiger partial charge in [0.25, 0.3) is 5.91 Å². The zero-order valence-corrected chi connectivity index (χ0v) is 13.2. The van der Waals surface area contributed by atoms with Gasteiger partial charge in [-0.1, -0.05) is 15.9 Å². The molecule has 4 nitrogen and oxygen atoms in total. The average molecular weight is 380 g/mol. The number of hydrogen-bond donors (Lipinski definition) is 1. The van der Waals surface area contributed by atoms with Gasteiger partial charge in [0.15, 0.2) is 0 Å². The molecule has 1 aromatic carbocycles. The van der Waals surface area contributed by atoms with E-state index in [1.807, 2.05) is 0 Å². The number of hydrogen-bond acceptors (Lipinski definition) is 3. The Kier molecular flexibility index (Phi) is 5.21. The van der Waals surface area contributed by atoms with Crippen molar-refractivity contribution in [2.24, 2.45) is 0 Å². The van der Waals surface area contributed by atoms with Crippen LogP contribution in [0.3, 0.4) is 0 Å². The Hall–Kier alpha value is -1.15. The lowest BCUT2D eigenvalue weighted by molar-refractivity contribution is -0.138. The number of benzene rings is 1. The lowest BCUT2D eigenvalue weighted by Gasteiger charge is -2.34. The summed E-state index contributed by atoms with van der Waals surface area (Å²) < 4.78 is 27.9. The number of thioether (sulfide) groups is 1. The zero-order valence-electron chi connectivity index (χ0n) is 10.8. The molecule has 0 aromatic heterocycles. The van der Waals surface area contributed by atoms with E-state index in [-0.39, 0.29) is 17.4 Å². The number of aliphatic carboxylic acids is 1. The van der Waals surface area contributed by atoms with E-state index in [2.05, 4.69) is 15.9 Å². The second-order valence-corrected chi connectivity index (χ2v) is 6.64. The number of rotatable bonds is 3. The van der Waals surface area contributed by atoms with Gasteiger partial charge in [0.05, 0.1) is 12.5 Å². The summed E-state index contributed by atoms with van der Waals surface area (Å²) in [4.78, 5) is 24.5. The molecule has 1 unspecified atom stereocenters. The quantitative estimate of drug-likeness (QED) is 0.876. The van der Waals surface area contributed by atoms with Crippen molar-refractivity contribution >= 4 is 39.6 Å². The molecule has 1 aliphatic rings. The highest BCUT2D eigenvalue weighted by Crippen LogP contribution is 2.25. The first-order chi connectivity index (χ1) is 9.90. The molecular formula is C13H12BrF2NO3S. The highest BCUT2D eigenvalue weighted by Gasteiger charge is 2.32. The number of carbonyl (C=O) groups excluding carboxylic acids is 1. The second-order valence-electron chi connectivity index (χ2n) is 4.57. The maximum atomic E-state index is 13.9. The fourth-order valence-electron chi connectivity index (χ4n) is 2.18. The van der Waals surface area contributed by atoms with Crippen molar-refractivity contribution in [2.45, 2.75) is 12.5 Å². The summed E-state index contributed by atoms with van der Waals surface area (Å²) in [7, 11) is 0. The Morgan fingerprint density at radius 2 is 2.00 bits per heavy atom. The van der Waals surface area contributed by atoms with Gasteiger partial charge in [-0.25, -0.2) is 8.78 Å². The van der Waals surface area contributed by atoms with Crippen LogP contribution in [0.5, 0.6) is 0 Å². The van der Waals surface area contributed by atoms with Gasteiger partial charge in [0.2, 0.25) is 0 Å². The summed E-state index contributed by atoms with van der Waals surface area (Å²) in [5.74, 6) is -2.71. The Morgan fingerprint density at radius 3 is 2.57 bits per heavy atom. The maximum Gasteiger partial charge on any atom is 0.305 e. The summed E-state index contributed by atoms with van der Waals surface area (Å²) in [6, 6.07) is 1.47. The summed E-state index contributed by atoms with van der Waals surface area (Å²) in [5.41, 5.74) is -0.638. The number of carbonyl (C=O) groups is 2. The van der Waals surface area contributed by atoms with E-state index >= 15 is 0 Å². The Balaban J connectivity index is 2.31. The molecule has 2 rings (SSSR count). The smallest absolute Gasteiger partial charge is 0.305 e. The molecule has 0 radical (unpaired) electrons. The second kappa shape index (κ2) is 6.74. The van der Waals surface area contributed by atoms with Crippen molar-refractivity contribution in [3.63, 3.8) is 0 Å². The normalized spacial score (nSPS) is 18.6. The minimum atomic E-state index is -1.04. The van der Waals surface area contributed by atoms with E-state index in [0.29, 0.717) is 11.5 Å². The van der Waals surface area contributed by atoms with E-state index in [4.69, 9.17) is 5.11 Å². The fourth-order valence-corrected chi connectivity index (χ4v) is 3.65. The van der Waals surface area contributed by atoms with Crippen LogP contribution in [0.15, 0.2) is 16.6 Å². The van der Waals surface area contributed by atoms with Gasteiger partial charge in [0.1, 0.15) is 17.2 Å². The first-order valence-corrected chi connectivity index (χ1v) is 8.10. The molecular weight excluding hydrogens is 368 g/mol. The number of nitrogens with zero attached hydrogens (tertiary/aromatic N) is 1. The molecule has 114 valence electrons. The predicted molar refractivity (Wildman–Crippen MR) is 78.5 cm³/mol. The number of carboxylic acid groups (broad SMARTS) is 1. The molecule has 0 aliphatic carbocycles. The van der Waals surface area contributed by atoms with Gasteiger partial charge in [-0.05, 0) is 12.1 Å². The monoisotopic (exact) mass is 379 g/mol. The topological polar surface area (TPSA) is 57.6 Å². The summed E-state index contributed by atoms with van der Waals surface area (Å²) in [5, 5.41) is 8.88. The van der Waals surface area contributed by atoms with Crippen LogP contribution in [-0.4, -0.2) is 46.0 Å². The third kappa shape index (κ3) is 3.74. The highest BCUT2D eigenvalue weighted by molar-refractivity contribution is 9.10. The van der Waals surface area contributed by atoms with Crippen molar-refractivity contribution in [2.75, 3.05) is 18.1 Å². The molecule has 8 heteroatoms. The average Bonchev–Trinajstić information content (AvgIpc) is 2.37. The highest BCUT2D eigenvalue weighted by atomic mass is 79.9. The van der Waals surface area contributed by atoms with Crippen LogP contribution in [0.25, 0.3) is 0 Å². The lowest BCUT2D eigenvalue weighted by Crippen LogP contribution is -2.47. The third-order valence-electron chi connectivity index (χ3n) is 3.12. The minimum Gasteiger partial charge on any atom is -0.481 e. The molecule has 1 saturated heterocycles. The maximum absolute atomic E-state index is 13.9. The van der Waals surface area contributed by atoms with Crippen LogP contribution in [0, 0.1) is 11.6 Å². The fraction of sp³-hybridized carbons (Fsp3) is 0.385. The molecule has 0 saturated carbocycles. The Morgan fingerprint density at radius 1 is 1.38 bits per heavy atom. The summed E-state index contributed by atoms with van der Waals surface area (Å²) in [6.07, 6.45) is -0.238. The zero-order chi connectivity index (χ0) is 15.6. The van der Waals surface area contributed by atoms with Crippen molar-refractivity contribution in [1.29, 1.82) is 0 Å². The van der Waals surface area contributed by atoms with E-state index in [1.165, 1.54) is 16.7 Å². The van der Waals surface area contributed by atoms with Crippen LogP contribution in [0.1, 0.15) is 16.8 Å². The van der Waals surface area contributed by atoms with Crippen LogP contribution in [0.2, 0.25) is 0 Å². The summed E-state index contributed by atoms with van der Waals surface area (Å²) >= 11 is 4.47. The van der Waals surface area contributed by atoms with E-state index < -0.39 is 35.1 Å². The van der Waals surface area contributed by atoms with Crippen molar-refractivity contribution in [3.8, 4) is 0 Å². The van der Waals surface area contributed by atoms with Crippen LogP contribution in [-0.2, 0) is 4.79 Å². The van der Waals surface area contributed by atoms with Crippen molar-refractivity contribution in [1.82, 2.24) is 4.90 Å². The molecule has 1 fully saturated rings. The predicted octanol–water partition coefficient (Wildman–Crippen LogP) is 2.76. The van der Waals surface area contributed by atoms with Gasteiger partial charge in [-0.15, -0.1) is 0 Å². The Bertz CT molecular complexity index is 562. The van der Waals surface area contributed by atoms with Crippen LogP contribution < -0.4 is 0 Å². The van der Waals surface area contributed by atoms with Gasteiger partial charge >= 0.3 is 5.97 Å². The first kappa shape index (κ1) is 16.2. The third-order valence-corrected chi connectivity index (χ3v) is 4.67. The molecule has 1 N–H and O–H groups in total. The van der Waals surface area contributed by atoms with Gasteiger partial charge < -0.3 is 10.0 Å². The molecule has 0 spiro atoms. The molecule has 1 aliphatic heterocycles. The number of amides is 1. The lowest BCUT2D eigenvalue weighted by atomic mass is 10.1.